The van der Waals surface area contributed by atoms with Crippen molar-refractivity contribution in [1.29, 1.82) is 0 Å². The predicted octanol–water partition coefficient (Wildman–Crippen LogP) is 7.14. The molecule has 0 aliphatic heterocycles. The maximum atomic E-state index is 12.6. The van der Waals surface area contributed by atoms with E-state index < -0.39 is 5.97 Å². The molecule has 4 aliphatic rings. The van der Waals surface area contributed by atoms with E-state index in [1.165, 1.54) is 56.9 Å². The Balaban J connectivity index is 1.13. The summed E-state index contributed by atoms with van der Waals surface area (Å²) in [5.74, 6) is 3.64. The molecule has 9 heteroatoms. The van der Waals surface area contributed by atoms with Crippen molar-refractivity contribution in [2.45, 2.75) is 124 Å². The second-order valence-electron chi connectivity index (χ2n) is 16.0. The molecule has 47 heavy (non-hydrogen) atoms. The second kappa shape index (κ2) is 17.5. The third-order valence-electron chi connectivity index (χ3n) is 12.6. The summed E-state index contributed by atoms with van der Waals surface area (Å²) in [4.78, 5) is 34.5. The number of nitrogens with one attached hydrogen (secondary N) is 2. The summed E-state index contributed by atoms with van der Waals surface area (Å²) in [6.07, 6.45) is 15.7. The quantitative estimate of drug-likeness (QED) is 0.106. The molecular formula is C38H64N2O7. The number of ether oxygens (including phenoxy) is 3. The molecule has 2 amide bonds. The number of alkyl carbamates (subject to hydrolysis) is 1. The van der Waals surface area contributed by atoms with Crippen LogP contribution in [0.25, 0.3) is 0 Å². The van der Waals surface area contributed by atoms with E-state index in [2.05, 4.69) is 51.3 Å². The van der Waals surface area contributed by atoms with E-state index in [0.717, 1.165) is 54.8 Å². The van der Waals surface area contributed by atoms with Crippen LogP contribution in [0.2, 0.25) is 0 Å². The predicted molar refractivity (Wildman–Crippen MR) is 183 cm³/mol. The highest BCUT2D eigenvalue weighted by molar-refractivity contribution is 5.80. The Morgan fingerprint density at radius 3 is 2.32 bits per heavy atom. The lowest BCUT2D eigenvalue weighted by molar-refractivity contribution is -0.138. The SMILES string of the molecule is CC(C)CCC[C@@H](C)[C@H]1CC[C@H]2[C@@H]3CC=C4C[C@@H](OC(=O)NCCOCCOCCNC(=O)CCC(=O)O)CC[C@]4(C)[C@H]3CC[C@]12C. The standard InChI is InChI=1S/C38H64N2O7/c1-26(2)7-6-8-27(3)31-11-12-32-30-10-9-28-25-29(15-17-37(28,4)33(30)16-18-38(31,32)5)47-36(44)40-20-22-46-24-23-45-21-19-39-34(41)13-14-35(42)43/h9,26-27,29-33H,6-8,10-25H2,1-5H3,(H,39,41)(H,40,44)(H,42,43)/t27-,29+,30+,31-,32+,33+,37+,38-/m1/s1. The maximum absolute atomic E-state index is 12.6. The summed E-state index contributed by atoms with van der Waals surface area (Å²) in [5, 5.41) is 14.0. The lowest BCUT2D eigenvalue weighted by Gasteiger charge is -2.58. The monoisotopic (exact) mass is 660 g/mol. The third-order valence-corrected chi connectivity index (χ3v) is 12.6. The lowest BCUT2D eigenvalue weighted by Crippen LogP contribution is -2.51. The van der Waals surface area contributed by atoms with Crippen molar-refractivity contribution in [1.82, 2.24) is 10.6 Å². The first-order valence-corrected chi connectivity index (χ1v) is 18.7. The van der Waals surface area contributed by atoms with E-state index in [4.69, 9.17) is 19.3 Å². The van der Waals surface area contributed by atoms with E-state index in [0.29, 0.717) is 44.9 Å². The van der Waals surface area contributed by atoms with Gasteiger partial charge >= 0.3 is 12.1 Å². The van der Waals surface area contributed by atoms with Crippen LogP contribution in [0, 0.1) is 46.3 Å². The molecule has 4 aliphatic carbocycles. The zero-order valence-electron chi connectivity index (χ0n) is 30.0. The molecule has 0 aromatic rings. The van der Waals surface area contributed by atoms with E-state index in [9.17, 15) is 14.4 Å². The first-order chi connectivity index (χ1) is 22.4. The second-order valence-corrected chi connectivity index (χ2v) is 16.0. The van der Waals surface area contributed by atoms with Crippen molar-refractivity contribution >= 4 is 18.0 Å². The molecule has 0 spiro atoms. The van der Waals surface area contributed by atoms with E-state index in [-0.39, 0.29) is 36.4 Å². The van der Waals surface area contributed by atoms with Crippen molar-refractivity contribution in [2.24, 2.45) is 46.3 Å². The summed E-state index contributed by atoms with van der Waals surface area (Å²) < 4.78 is 16.8. The summed E-state index contributed by atoms with van der Waals surface area (Å²) in [5.41, 5.74) is 2.27. The number of carboxylic acid groups (broad SMARTS) is 1. The van der Waals surface area contributed by atoms with Crippen LogP contribution in [0.15, 0.2) is 11.6 Å². The Bertz CT molecular complexity index is 1080. The molecule has 0 aromatic carbocycles. The van der Waals surface area contributed by atoms with Crippen LogP contribution in [0.1, 0.15) is 118 Å². The summed E-state index contributed by atoms with van der Waals surface area (Å²) in [6.45, 7) is 14.5. The molecule has 8 atom stereocenters. The molecule has 0 radical (unpaired) electrons. The van der Waals surface area contributed by atoms with Crippen molar-refractivity contribution in [2.75, 3.05) is 39.5 Å². The molecule has 3 N–H and O–H groups in total. The number of aliphatic carboxylic acids is 1. The van der Waals surface area contributed by atoms with Gasteiger partial charge in [-0.2, -0.15) is 0 Å². The number of carbonyl (C=O) groups excluding carboxylic acids is 2. The number of rotatable bonds is 18. The summed E-state index contributed by atoms with van der Waals surface area (Å²) in [6, 6.07) is 0. The fourth-order valence-corrected chi connectivity index (χ4v) is 10.1. The topological polar surface area (TPSA) is 123 Å². The number of allylic oxidation sites excluding steroid dienone is 1. The van der Waals surface area contributed by atoms with Gasteiger partial charge < -0.3 is 30.0 Å². The highest BCUT2D eigenvalue weighted by atomic mass is 16.6. The van der Waals surface area contributed by atoms with Crippen molar-refractivity contribution in [3.63, 3.8) is 0 Å². The Morgan fingerprint density at radius 1 is 0.894 bits per heavy atom. The molecule has 3 fully saturated rings. The average Bonchev–Trinajstić information content (AvgIpc) is 3.38. The van der Waals surface area contributed by atoms with Gasteiger partial charge in [-0.3, -0.25) is 9.59 Å². The first-order valence-electron chi connectivity index (χ1n) is 18.7. The number of carbonyl (C=O) groups is 3. The normalized spacial score (nSPS) is 32.0. The molecule has 0 saturated heterocycles. The lowest BCUT2D eigenvalue weighted by atomic mass is 9.47. The average molecular weight is 661 g/mol. The fraction of sp³-hybridized carbons (Fsp3) is 0.868. The molecule has 0 bridgehead atoms. The Hall–Kier alpha value is -2.13. The number of carboxylic acids is 1. The van der Waals surface area contributed by atoms with Crippen LogP contribution in [-0.2, 0) is 23.8 Å². The van der Waals surface area contributed by atoms with Crippen molar-refractivity contribution in [3.05, 3.63) is 11.6 Å². The molecular weight excluding hydrogens is 596 g/mol. The summed E-state index contributed by atoms with van der Waals surface area (Å²) in [7, 11) is 0. The molecule has 0 aromatic heterocycles. The van der Waals surface area contributed by atoms with Crippen LogP contribution >= 0.6 is 0 Å². The molecule has 0 unspecified atom stereocenters. The number of fused-ring (bicyclic) bond motifs is 5. The van der Waals surface area contributed by atoms with Crippen LogP contribution in [0.3, 0.4) is 0 Å². The van der Waals surface area contributed by atoms with Gasteiger partial charge in [0.2, 0.25) is 5.91 Å². The first kappa shape index (κ1) is 37.7. The zero-order chi connectivity index (χ0) is 34.0. The maximum Gasteiger partial charge on any atom is 0.407 e. The fourth-order valence-electron chi connectivity index (χ4n) is 10.1. The number of hydrogen-bond acceptors (Lipinski definition) is 6. The van der Waals surface area contributed by atoms with E-state index in [1.807, 2.05) is 0 Å². The van der Waals surface area contributed by atoms with Crippen LogP contribution in [-0.4, -0.2) is 68.7 Å². The van der Waals surface area contributed by atoms with Gasteiger partial charge in [-0.25, -0.2) is 4.79 Å². The van der Waals surface area contributed by atoms with Gasteiger partial charge in [0.1, 0.15) is 6.10 Å². The van der Waals surface area contributed by atoms with Gasteiger partial charge in [-0.15, -0.1) is 0 Å². The van der Waals surface area contributed by atoms with Crippen molar-refractivity contribution < 1.29 is 33.7 Å². The Morgan fingerprint density at radius 2 is 1.62 bits per heavy atom. The number of amides is 2. The number of hydrogen-bond donors (Lipinski definition) is 3. The Labute approximate surface area is 283 Å². The Kier molecular flexibility index (Phi) is 14.0. The molecule has 268 valence electrons. The van der Waals surface area contributed by atoms with Gasteiger partial charge in [0.05, 0.1) is 32.8 Å². The molecule has 4 rings (SSSR count). The highest BCUT2D eigenvalue weighted by Gasteiger charge is 2.59. The van der Waals surface area contributed by atoms with E-state index >= 15 is 0 Å². The highest BCUT2D eigenvalue weighted by Crippen LogP contribution is 2.67. The minimum atomic E-state index is -0.992. The molecule has 9 nitrogen and oxygen atoms in total. The van der Waals surface area contributed by atoms with E-state index in [1.54, 1.807) is 0 Å². The van der Waals surface area contributed by atoms with Gasteiger partial charge in [-0.1, -0.05) is 65.5 Å². The zero-order valence-corrected chi connectivity index (χ0v) is 30.0. The minimum absolute atomic E-state index is 0.0362. The smallest absolute Gasteiger partial charge is 0.407 e. The molecule has 0 heterocycles. The molecule has 3 saturated carbocycles. The van der Waals surface area contributed by atoms with Gasteiger partial charge in [0.25, 0.3) is 0 Å². The van der Waals surface area contributed by atoms with Crippen molar-refractivity contribution in [3.8, 4) is 0 Å². The third kappa shape index (κ3) is 9.96. The minimum Gasteiger partial charge on any atom is -0.481 e. The summed E-state index contributed by atoms with van der Waals surface area (Å²) >= 11 is 0. The van der Waals surface area contributed by atoms with Gasteiger partial charge in [0.15, 0.2) is 0 Å². The van der Waals surface area contributed by atoms with Crippen LogP contribution < -0.4 is 10.6 Å². The largest absolute Gasteiger partial charge is 0.481 e. The van der Waals surface area contributed by atoms with Gasteiger partial charge in [-0.05, 0) is 91.3 Å². The van der Waals surface area contributed by atoms with Crippen LogP contribution in [0.4, 0.5) is 4.79 Å². The van der Waals surface area contributed by atoms with Gasteiger partial charge in [0, 0.05) is 25.9 Å². The van der Waals surface area contributed by atoms with Crippen LogP contribution in [0.5, 0.6) is 0 Å².